The molecule has 2 unspecified atom stereocenters. The molecule has 3 aliphatic heterocycles. The Kier molecular flexibility index (Phi) is 3.98. The van der Waals surface area contributed by atoms with Gasteiger partial charge < -0.3 is 14.5 Å². The molecule has 28 heavy (non-hydrogen) atoms. The molecule has 2 bridgehead atoms. The molecule has 10 heteroatoms. The number of ketones is 1. The molecule has 1 aliphatic carbocycles. The molecular formula is C18H21F3N4O3. The molecule has 1 saturated carbocycles. The van der Waals surface area contributed by atoms with Crippen molar-refractivity contribution in [3.63, 3.8) is 0 Å². The Balaban J connectivity index is 1.54. The quantitative estimate of drug-likeness (QED) is 0.763. The van der Waals surface area contributed by atoms with Crippen LogP contribution in [0.4, 0.5) is 24.9 Å². The smallest absolute Gasteiger partial charge is 0.374 e. The Morgan fingerprint density at radius 1 is 1.29 bits per heavy atom. The van der Waals surface area contributed by atoms with Gasteiger partial charge in [0, 0.05) is 25.1 Å². The maximum absolute atomic E-state index is 13.7. The number of Topliss-reactive ketones (excluding diaryl/α,β-unsaturated/α-hetero) is 1. The molecule has 0 amide bonds. The predicted molar refractivity (Wildman–Crippen MR) is 93.5 cm³/mol. The number of hydrogen-bond donors (Lipinski definition) is 0. The molecule has 1 aromatic heterocycles. The first-order chi connectivity index (χ1) is 13.3. The molecule has 1 aromatic rings. The highest BCUT2D eigenvalue weighted by Crippen LogP contribution is 2.37. The summed E-state index contributed by atoms with van der Waals surface area (Å²) in [6, 6.07) is -0.335. The minimum absolute atomic E-state index is 0.0474. The van der Waals surface area contributed by atoms with E-state index < -0.39 is 12.2 Å². The van der Waals surface area contributed by atoms with Crippen molar-refractivity contribution in [1.82, 2.24) is 9.55 Å². The van der Waals surface area contributed by atoms with E-state index in [1.54, 1.807) is 0 Å². The van der Waals surface area contributed by atoms with Crippen molar-refractivity contribution in [3.05, 3.63) is 16.4 Å². The first-order valence-corrected chi connectivity index (χ1v) is 9.67. The van der Waals surface area contributed by atoms with Crippen molar-refractivity contribution in [2.75, 3.05) is 29.5 Å². The molecule has 3 fully saturated rings. The van der Waals surface area contributed by atoms with Crippen LogP contribution in [-0.2, 0) is 16.1 Å². The van der Waals surface area contributed by atoms with Gasteiger partial charge in [0.05, 0.1) is 25.3 Å². The molecule has 0 N–H and O–H groups in total. The van der Waals surface area contributed by atoms with E-state index in [-0.39, 0.29) is 54.9 Å². The molecule has 0 spiro atoms. The lowest BCUT2D eigenvalue weighted by Crippen LogP contribution is -2.54. The largest absolute Gasteiger partial charge is 0.408 e. The lowest BCUT2D eigenvalue weighted by Gasteiger charge is -2.39. The summed E-state index contributed by atoms with van der Waals surface area (Å²) in [6.07, 6.45) is -2.42. The van der Waals surface area contributed by atoms with Gasteiger partial charge in [-0.2, -0.15) is 18.2 Å². The van der Waals surface area contributed by atoms with E-state index in [0.717, 1.165) is 24.2 Å². The van der Waals surface area contributed by atoms with Crippen LogP contribution in [0.2, 0.25) is 0 Å². The molecule has 4 aliphatic rings. The lowest BCUT2D eigenvalue weighted by molar-refractivity contribution is -0.153. The number of anilines is 2. The van der Waals surface area contributed by atoms with Crippen LogP contribution in [0.3, 0.4) is 0 Å². The number of halogens is 3. The number of rotatable bonds is 4. The molecule has 4 heterocycles. The number of alkyl halides is 3. The van der Waals surface area contributed by atoms with E-state index in [4.69, 9.17) is 4.74 Å². The summed E-state index contributed by atoms with van der Waals surface area (Å²) in [4.78, 5) is 32.4. The SMILES string of the molecule is O=C(CN1c2nc(N3CC4CC3CO4)cc(=O)n2CC[C@H]1C(F)(F)F)C1CC1. The van der Waals surface area contributed by atoms with Crippen LogP contribution >= 0.6 is 0 Å². The Bertz CT molecular complexity index is 867. The van der Waals surface area contributed by atoms with Gasteiger partial charge in [0.2, 0.25) is 5.95 Å². The second-order valence-electron chi connectivity index (χ2n) is 8.12. The Morgan fingerprint density at radius 2 is 2.07 bits per heavy atom. The monoisotopic (exact) mass is 398 g/mol. The molecule has 3 atom stereocenters. The summed E-state index contributed by atoms with van der Waals surface area (Å²) in [6.45, 7) is 0.679. The fourth-order valence-corrected chi connectivity index (χ4v) is 4.51. The second kappa shape index (κ2) is 6.20. The summed E-state index contributed by atoms with van der Waals surface area (Å²) >= 11 is 0. The Hall–Kier alpha value is -2.10. The number of carbonyl (C=O) groups excluding carboxylic acids is 1. The number of aromatic nitrogens is 2. The van der Waals surface area contributed by atoms with Crippen LogP contribution in [0.25, 0.3) is 0 Å². The molecular weight excluding hydrogens is 377 g/mol. The van der Waals surface area contributed by atoms with Crippen LogP contribution in [0.15, 0.2) is 10.9 Å². The predicted octanol–water partition coefficient (Wildman–Crippen LogP) is 1.34. The van der Waals surface area contributed by atoms with Crippen LogP contribution in [0.5, 0.6) is 0 Å². The molecule has 152 valence electrons. The summed E-state index contributed by atoms with van der Waals surface area (Å²) in [5, 5.41) is 0. The van der Waals surface area contributed by atoms with Gasteiger partial charge in [0.25, 0.3) is 5.56 Å². The fraction of sp³-hybridized carbons (Fsp3) is 0.722. The van der Waals surface area contributed by atoms with Gasteiger partial charge in [-0.3, -0.25) is 14.2 Å². The highest BCUT2D eigenvalue weighted by molar-refractivity contribution is 5.87. The third-order valence-electron chi connectivity index (χ3n) is 6.17. The van der Waals surface area contributed by atoms with Crippen molar-refractivity contribution in [2.24, 2.45) is 5.92 Å². The third kappa shape index (κ3) is 2.98. The van der Waals surface area contributed by atoms with Crippen LogP contribution in [0, 0.1) is 5.92 Å². The zero-order valence-electron chi connectivity index (χ0n) is 15.2. The number of ether oxygens (including phenoxy) is 1. The van der Waals surface area contributed by atoms with E-state index in [2.05, 4.69) is 4.98 Å². The van der Waals surface area contributed by atoms with E-state index >= 15 is 0 Å². The van der Waals surface area contributed by atoms with Gasteiger partial charge in [-0.15, -0.1) is 0 Å². The summed E-state index contributed by atoms with van der Waals surface area (Å²) in [7, 11) is 0. The van der Waals surface area contributed by atoms with Gasteiger partial charge >= 0.3 is 6.18 Å². The van der Waals surface area contributed by atoms with Crippen LogP contribution < -0.4 is 15.4 Å². The summed E-state index contributed by atoms with van der Waals surface area (Å²) in [5.74, 6) is -0.0471. The Morgan fingerprint density at radius 3 is 2.68 bits per heavy atom. The first kappa shape index (κ1) is 18.0. The number of nitrogens with zero attached hydrogens (tertiary/aromatic N) is 4. The van der Waals surface area contributed by atoms with Gasteiger partial charge in [0.1, 0.15) is 11.9 Å². The van der Waals surface area contributed by atoms with E-state index in [1.807, 2.05) is 4.90 Å². The van der Waals surface area contributed by atoms with E-state index in [1.165, 1.54) is 10.6 Å². The fourth-order valence-electron chi connectivity index (χ4n) is 4.51. The summed E-state index contributed by atoms with van der Waals surface area (Å²) < 4.78 is 47.9. The van der Waals surface area contributed by atoms with Gasteiger partial charge in [-0.05, 0) is 25.7 Å². The van der Waals surface area contributed by atoms with Gasteiger partial charge in [0.15, 0.2) is 5.78 Å². The van der Waals surface area contributed by atoms with E-state index in [9.17, 15) is 22.8 Å². The zero-order chi connectivity index (χ0) is 19.6. The highest BCUT2D eigenvalue weighted by atomic mass is 19.4. The number of morpholine rings is 1. The maximum atomic E-state index is 13.7. The van der Waals surface area contributed by atoms with Gasteiger partial charge in [-0.1, -0.05) is 0 Å². The van der Waals surface area contributed by atoms with Crippen molar-refractivity contribution in [2.45, 2.75) is 56.6 Å². The van der Waals surface area contributed by atoms with Crippen molar-refractivity contribution in [1.29, 1.82) is 0 Å². The molecule has 0 radical (unpaired) electrons. The number of carbonyl (C=O) groups is 1. The topological polar surface area (TPSA) is 67.7 Å². The molecule has 7 nitrogen and oxygen atoms in total. The number of fused-ring (bicyclic) bond motifs is 3. The van der Waals surface area contributed by atoms with Crippen molar-refractivity contribution in [3.8, 4) is 0 Å². The summed E-state index contributed by atoms with van der Waals surface area (Å²) in [5.41, 5.74) is -0.381. The van der Waals surface area contributed by atoms with E-state index in [0.29, 0.717) is 19.0 Å². The second-order valence-corrected chi connectivity index (χ2v) is 8.12. The molecule has 0 aromatic carbocycles. The van der Waals surface area contributed by atoms with Crippen LogP contribution in [0.1, 0.15) is 25.7 Å². The molecule has 2 saturated heterocycles. The normalized spacial score (nSPS) is 29.3. The highest BCUT2D eigenvalue weighted by Gasteiger charge is 2.48. The van der Waals surface area contributed by atoms with Crippen LogP contribution in [-0.4, -0.2) is 59.4 Å². The number of hydrogen-bond acceptors (Lipinski definition) is 6. The third-order valence-corrected chi connectivity index (χ3v) is 6.17. The minimum Gasteiger partial charge on any atom is -0.374 e. The molecule has 5 rings (SSSR count). The first-order valence-electron chi connectivity index (χ1n) is 9.67. The zero-order valence-corrected chi connectivity index (χ0v) is 15.2. The minimum atomic E-state index is -4.50. The van der Waals surface area contributed by atoms with Gasteiger partial charge in [-0.25, -0.2) is 0 Å². The Labute approximate surface area is 159 Å². The average molecular weight is 398 g/mol. The van der Waals surface area contributed by atoms with Crippen molar-refractivity contribution < 1.29 is 22.7 Å². The lowest BCUT2D eigenvalue weighted by atomic mass is 10.1. The standard InChI is InChI=1S/C18H21F3N4O3/c19-18(20,21)14-3-4-23-16(27)6-15(24-7-12-5-11(24)9-28-12)22-17(23)25(14)8-13(26)10-1-2-10/h6,10-12,14H,1-5,7-9H2/t11?,12?,14-/m0/s1. The maximum Gasteiger partial charge on any atom is 0.408 e. The average Bonchev–Trinajstić information content (AvgIpc) is 3.28. The van der Waals surface area contributed by atoms with Crippen molar-refractivity contribution >= 4 is 17.5 Å².